The predicted octanol–water partition coefficient (Wildman–Crippen LogP) is 3.34. The fourth-order valence-corrected chi connectivity index (χ4v) is 4.46. The second-order valence-electron chi connectivity index (χ2n) is 5.56. The van der Waals surface area contributed by atoms with Crippen molar-refractivity contribution in [3.63, 3.8) is 0 Å². The zero-order chi connectivity index (χ0) is 11.2. The van der Waals surface area contributed by atoms with E-state index in [4.69, 9.17) is 0 Å². The highest BCUT2D eigenvalue weighted by Gasteiger charge is 2.38. The van der Waals surface area contributed by atoms with Gasteiger partial charge < -0.3 is 0 Å². The van der Waals surface area contributed by atoms with Gasteiger partial charge in [0.1, 0.15) is 6.54 Å². The number of nitrogens with zero attached hydrogens (tertiary/aromatic N) is 1. The first-order valence-corrected chi connectivity index (χ1v) is 7.74. The highest BCUT2D eigenvalue weighted by molar-refractivity contribution is 7.08. The lowest BCUT2D eigenvalue weighted by Gasteiger charge is -2.15. The Morgan fingerprint density at radius 1 is 1.18 bits per heavy atom. The van der Waals surface area contributed by atoms with Gasteiger partial charge in [0.2, 0.25) is 0 Å². The third-order valence-electron chi connectivity index (χ3n) is 4.49. The smallest absolute Gasteiger partial charge is 0.179 e. The summed E-state index contributed by atoms with van der Waals surface area (Å²) in [5.41, 5.74) is 6.45. The Kier molecular flexibility index (Phi) is 2.26. The van der Waals surface area contributed by atoms with Crippen molar-refractivity contribution >= 4 is 23.1 Å². The first kappa shape index (κ1) is 10.1. The molecule has 3 heterocycles. The molecule has 2 aliphatic heterocycles. The molecule has 1 nitrogen and oxygen atoms in total. The van der Waals surface area contributed by atoms with Crippen LogP contribution in [-0.4, -0.2) is 23.4 Å². The SMILES string of the molecule is C1=C2C3=[N+](CCCCC3)CC2Cc2cscc21. The minimum absolute atomic E-state index is 0.796. The largest absolute Gasteiger partial charge is 0.233 e. The van der Waals surface area contributed by atoms with Crippen LogP contribution in [0.25, 0.3) is 6.08 Å². The van der Waals surface area contributed by atoms with Gasteiger partial charge in [0, 0.05) is 18.4 Å². The number of thiophene rings is 1. The maximum atomic E-state index is 2.68. The average molecular weight is 244 g/mol. The first-order chi connectivity index (χ1) is 8.42. The molecule has 3 aliphatic rings. The van der Waals surface area contributed by atoms with Crippen molar-refractivity contribution in [1.29, 1.82) is 0 Å². The van der Waals surface area contributed by atoms with Gasteiger partial charge in [-0.2, -0.15) is 11.3 Å². The fraction of sp³-hybridized carbons (Fsp3) is 0.533. The first-order valence-electron chi connectivity index (χ1n) is 6.79. The minimum atomic E-state index is 0.796. The van der Waals surface area contributed by atoms with Crippen LogP contribution < -0.4 is 0 Å². The van der Waals surface area contributed by atoms with Gasteiger partial charge in [-0.05, 0) is 47.2 Å². The van der Waals surface area contributed by atoms with E-state index in [1.54, 1.807) is 16.8 Å². The van der Waals surface area contributed by atoms with Crippen LogP contribution in [0.5, 0.6) is 0 Å². The number of hydrogen-bond acceptors (Lipinski definition) is 1. The van der Waals surface area contributed by atoms with Gasteiger partial charge in [0.25, 0.3) is 0 Å². The summed E-state index contributed by atoms with van der Waals surface area (Å²) in [5.74, 6) is 0.796. The van der Waals surface area contributed by atoms with Crippen LogP contribution >= 0.6 is 11.3 Å². The standard InChI is InChI=1S/C15H18NS/c1-2-4-15-14-7-13-10-17-9-12(13)6-11(14)8-16(15)5-3-1/h7,9-11H,1-6,8H2/q+1. The number of fused-ring (bicyclic) bond motifs is 3. The zero-order valence-corrected chi connectivity index (χ0v) is 10.9. The molecule has 0 spiro atoms. The molecular weight excluding hydrogens is 226 g/mol. The zero-order valence-electron chi connectivity index (χ0n) is 10.1. The Bertz CT molecular complexity index is 521. The topological polar surface area (TPSA) is 3.01 Å². The highest BCUT2D eigenvalue weighted by atomic mass is 32.1. The summed E-state index contributed by atoms with van der Waals surface area (Å²) in [6.07, 6.45) is 9.30. The van der Waals surface area contributed by atoms with Gasteiger partial charge in [0.05, 0.1) is 5.92 Å². The van der Waals surface area contributed by atoms with E-state index < -0.39 is 0 Å². The molecule has 2 heteroatoms. The normalized spacial score (nSPS) is 27.1. The van der Waals surface area contributed by atoms with E-state index in [1.807, 2.05) is 11.3 Å². The number of hydrogen-bond donors (Lipinski definition) is 0. The van der Waals surface area contributed by atoms with Crippen molar-refractivity contribution in [2.45, 2.75) is 32.1 Å². The fourth-order valence-electron chi connectivity index (χ4n) is 3.63. The molecule has 17 heavy (non-hydrogen) atoms. The van der Waals surface area contributed by atoms with Crippen molar-refractivity contribution in [3.8, 4) is 0 Å². The van der Waals surface area contributed by atoms with Crippen molar-refractivity contribution in [2.75, 3.05) is 13.1 Å². The quantitative estimate of drug-likeness (QED) is 0.616. The Hall–Kier alpha value is -0.890. The maximum Gasteiger partial charge on any atom is 0.179 e. The van der Waals surface area contributed by atoms with Crippen LogP contribution in [0.15, 0.2) is 16.3 Å². The molecule has 0 radical (unpaired) electrons. The molecule has 88 valence electrons. The lowest BCUT2D eigenvalue weighted by Crippen LogP contribution is -2.17. The van der Waals surface area contributed by atoms with E-state index in [2.05, 4.69) is 21.4 Å². The second kappa shape index (κ2) is 3.81. The van der Waals surface area contributed by atoms with Crippen LogP contribution in [0, 0.1) is 5.92 Å². The van der Waals surface area contributed by atoms with Gasteiger partial charge >= 0.3 is 0 Å². The van der Waals surface area contributed by atoms with E-state index in [1.165, 1.54) is 50.8 Å². The summed E-state index contributed by atoms with van der Waals surface area (Å²) in [4.78, 5) is 0. The number of rotatable bonds is 0. The monoisotopic (exact) mass is 244 g/mol. The third-order valence-corrected chi connectivity index (χ3v) is 5.30. The second-order valence-corrected chi connectivity index (χ2v) is 6.30. The Labute approximate surface area is 106 Å². The molecule has 4 rings (SSSR count). The van der Waals surface area contributed by atoms with E-state index in [0.29, 0.717) is 0 Å². The van der Waals surface area contributed by atoms with E-state index in [-0.39, 0.29) is 0 Å². The van der Waals surface area contributed by atoms with Gasteiger partial charge in [-0.25, -0.2) is 4.58 Å². The summed E-state index contributed by atoms with van der Waals surface area (Å²) in [6.45, 7) is 2.59. The highest BCUT2D eigenvalue weighted by Crippen LogP contribution is 2.36. The summed E-state index contributed by atoms with van der Waals surface area (Å²) < 4.78 is 2.68. The van der Waals surface area contributed by atoms with Gasteiger partial charge in [-0.3, -0.25) is 0 Å². The molecule has 0 saturated heterocycles. The summed E-state index contributed by atoms with van der Waals surface area (Å²) in [6, 6.07) is 0. The molecule has 1 aliphatic carbocycles. The molecule has 0 bridgehead atoms. The molecule has 1 aromatic heterocycles. The summed E-state index contributed by atoms with van der Waals surface area (Å²) in [7, 11) is 0. The predicted molar refractivity (Wildman–Crippen MR) is 73.0 cm³/mol. The van der Waals surface area contributed by atoms with Crippen LogP contribution in [0.1, 0.15) is 36.8 Å². The third kappa shape index (κ3) is 1.54. The van der Waals surface area contributed by atoms with Crippen LogP contribution in [0.4, 0.5) is 0 Å². The molecule has 0 aromatic carbocycles. The van der Waals surface area contributed by atoms with Crippen LogP contribution in [0.2, 0.25) is 0 Å². The van der Waals surface area contributed by atoms with E-state index in [0.717, 1.165) is 5.92 Å². The van der Waals surface area contributed by atoms with Crippen molar-refractivity contribution < 1.29 is 4.58 Å². The van der Waals surface area contributed by atoms with Gasteiger partial charge in [0.15, 0.2) is 12.3 Å². The molecule has 1 aromatic rings. The van der Waals surface area contributed by atoms with Crippen LogP contribution in [-0.2, 0) is 6.42 Å². The van der Waals surface area contributed by atoms with Gasteiger partial charge in [-0.15, -0.1) is 0 Å². The van der Waals surface area contributed by atoms with Crippen molar-refractivity contribution in [1.82, 2.24) is 0 Å². The average Bonchev–Trinajstić information content (AvgIpc) is 2.84. The van der Waals surface area contributed by atoms with Crippen LogP contribution in [0.3, 0.4) is 0 Å². The minimum Gasteiger partial charge on any atom is -0.233 e. The van der Waals surface area contributed by atoms with Crippen molar-refractivity contribution in [3.05, 3.63) is 27.5 Å². The Morgan fingerprint density at radius 2 is 2.18 bits per heavy atom. The van der Waals surface area contributed by atoms with E-state index >= 15 is 0 Å². The molecule has 0 amide bonds. The maximum absolute atomic E-state index is 2.68. The molecule has 1 atom stereocenters. The summed E-state index contributed by atoms with van der Waals surface area (Å²) >= 11 is 1.86. The lowest BCUT2D eigenvalue weighted by atomic mass is 9.84. The summed E-state index contributed by atoms with van der Waals surface area (Å²) in [5, 5.41) is 4.66. The molecule has 0 fully saturated rings. The molecule has 0 N–H and O–H groups in total. The molecule has 0 saturated carbocycles. The molecule has 1 unspecified atom stereocenters. The van der Waals surface area contributed by atoms with Crippen molar-refractivity contribution in [2.24, 2.45) is 5.92 Å². The Balaban J connectivity index is 1.78. The lowest BCUT2D eigenvalue weighted by molar-refractivity contribution is -0.525. The molecular formula is C15H18NS+. The van der Waals surface area contributed by atoms with Gasteiger partial charge in [-0.1, -0.05) is 0 Å². The Morgan fingerprint density at radius 3 is 3.18 bits per heavy atom. The van der Waals surface area contributed by atoms with E-state index in [9.17, 15) is 0 Å².